The summed E-state index contributed by atoms with van der Waals surface area (Å²) in [7, 11) is 2.07. The van der Waals surface area contributed by atoms with Gasteiger partial charge < -0.3 is 10.2 Å². The van der Waals surface area contributed by atoms with Gasteiger partial charge in [-0.05, 0) is 57.2 Å². The molecule has 2 heteroatoms. The van der Waals surface area contributed by atoms with Crippen LogP contribution in [0.15, 0.2) is 24.3 Å². The Bertz CT molecular complexity index is 425. The third kappa shape index (κ3) is 2.64. The van der Waals surface area contributed by atoms with Gasteiger partial charge in [-0.2, -0.15) is 0 Å². The lowest BCUT2D eigenvalue weighted by Gasteiger charge is -2.36. The molecule has 2 atom stereocenters. The molecule has 2 nitrogen and oxygen atoms in total. The highest BCUT2D eigenvalue weighted by molar-refractivity contribution is 5.59. The second-order valence-corrected chi connectivity index (χ2v) is 6.36. The van der Waals surface area contributed by atoms with Gasteiger partial charge >= 0.3 is 0 Å². The molecule has 1 N–H and O–H groups in total. The molecule has 1 aromatic carbocycles. The normalized spacial score (nSPS) is 24.1. The Hall–Kier alpha value is -1.02. The summed E-state index contributed by atoms with van der Waals surface area (Å²) in [5.74, 6) is 0.943. The Morgan fingerprint density at radius 3 is 2.79 bits per heavy atom. The smallest absolute Gasteiger partial charge is 0.0402 e. The van der Waals surface area contributed by atoms with Crippen molar-refractivity contribution in [3.05, 3.63) is 29.8 Å². The summed E-state index contributed by atoms with van der Waals surface area (Å²) in [4.78, 5) is 2.70. The van der Waals surface area contributed by atoms with Gasteiger partial charge in [0, 0.05) is 24.3 Å². The van der Waals surface area contributed by atoms with Crippen LogP contribution in [0.3, 0.4) is 0 Å². The Morgan fingerprint density at radius 1 is 1.32 bits per heavy atom. The molecule has 1 aliphatic carbocycles. The van der Waals surface area contributed by atoms with E-state index in [9.17, 15) is 0 Å². The molecule has 1 saturated carbocycles. The maximum Gasteiger partial charge on any atom is 0.0402 e. The minimum absolute atomic E-state index is 0.600. The molecular weight excluding hydrogens is 232 g/mol. The highest BCUT2D eigenvalue weighted by Gasteiger charge is 2.32. The van der Waals surface area contributed by atoms with Crippen LogP contribution < -0.4 is 10.2 Å². The van der Waals surface area contributed by atoms with Gasteiger partial charge in [0.25, 0.3) is 0 Å². The molecule has 0 spiro atoms. The van der Waals surface area contributed by atoms with E-state index >= 15 is 0 Å². The van der Waals surface area contributed by atoms with Crippen LogP contribution in [0.1, 0.15) is 38.2 Å². The average molecular weight is 258 g/mol. The fraction of sp³-hybridized carbons (Fsp3) is 0.647. The second-order valence-electron chi connectivity index (χ2n) is 6.36. The number of nitrogens with zero attached hydrogens (tertiary/aromatic N) is 1. The zero-order valence-electron chi connectivity index (χ0n) is 12.2. The van der Waals surface area contributed by atoms with Gasteiger partial charge in [0.1, 0.15) is 0 Å². The van der Waals surface area contributed by atoms with Gasteiger partial charge in [-0.15, -0.1) is 0 Å². The molecule has 3 rings (SSSR count). The quantitative estimate of drug-likeness (QED) is 0.872. The van der Waals surface area contributed by atoms with Crippen molar-refractivity contribution in [3.8, 4) is 0 Å². The highest BCUT2D eigenvalue weighted by Crippen LogP contribution is 2.37. The van der Waals surface area contributed by atoms with Crippen molar-refractivity contribution in [3.63, 3.8) is 0 Å². The Labute approximate surface area is 117 Å². The minimum atomic E-state index is 0.600. The van der Waals surface area contributed by atoms with Crippen molar-refractivity contribution in [2.75, 3.05) is 18.5 Å². The fourth-order valence-electron chi connectivity index (χ4n) is 3.46. The van der Waals surface area contributed by atoms with Crippen LogP contribution in [0.25, 0.3) is 0 Å². The van der Waals surface area contributed by atoms with Crippen LogP contribution in [0, 0.1) is 5.92 Å². The molecule has 0 radical (unpaired) electrons. The van der Waals surface area contributed by atoms with E-state index in [2.05, 4.69) is 48.5 Å². The molecule has 0 saturated heterocycles. The predicted octanol–water partition coefficient (Wildman–Crippen LogP) is 3.22. The van der Waals surface area contributed by atoms with Crippen LogP contribution in [-0.4, -0.2) is 25.7 Å². The standard InChI is InChI=1S/C17H26N2/c1-13(18-2)10-16-11-15-8-3-4-9-17(15)19(16)12-14-6-5-7-14/h3-4,8-9,13-14,16,18H,5-7,10-12H2,1-2H3. The fourth-order valence-corrected chi connectivity index (χ4v) is 3.46. The van der Waals surface area contributed by atoms with Crippen LogP contribution in [0.2, 0.25) is 0 Å². The number of hydrogen-bond acceptors (Lipinski definition) is 2. The van der Waals surface area contributed by atoms with Crippen molar-refractivity contribution < 1.29 is 0 Å². The van der Waals surface area contributed by atoms with Gasteiger partial charge in [0.05, 0.1) is 0 Å². The minimum Gasteiger partial charge on any atom is -0.368 e. The Balaban J connectivity index is 1.76. The van der Waals surface area contributed by atoms with Gasteiger partial charge in [0.15, 0.2) is 0 Å². The van der Waals surface area contributed by atoms with Crippen molar-refractivity contribution in [2.24, 2.45) is 5.92 Å². The van der Waals surface area contributed by atoms with E-state index < -0.39 is 0 Å². The number of nitrogens with one attached hydrogen (secondary N) is 1. The largest absolute Gasteiger partial charge is 0.368 e. The molecule has 1 fully saturated rings. The summed E-state index contributed by atoms with van der Waals surface area (Å²) >= 11 is 0. The highest BCUT2D eigenvalue weighted by atomic mass is 15.2. The summed E-state index contributed by atoms with van der Waals surface area (Å²) in [6.07, 6.45) is 6.80. The SMILES string of the molecule is CNC(C)CC1Cc2ccccc2N1CC1CCC1. The molecule has 1 heterocycles. The number of fused-ring (bicyclic) bond motifs is 1. The zero-order valence-corrected chi connectivity index (χ0v) is 12.2. The number of benzene rings is 1. The maximum absolute atomic E-state index is 3.39. The van der Waals surface area contributed by atoms with Crippen LogP contribution >= 0.6 is 0 Å². The molecule has 1 aromatic rings. The van der Waals surface area contributed by atoms with E-state index in [1.165, 1.54) is 44.3 Å². The number of rotatable bonds is 5. The van der Waals surface area contributed by atoms with Gasteiger partial charge in [-0.25, -0.2) is 0 Å². The van der Waals surface area contributed by atoms with Crippen molar-refractivity contribution >= 4 is 5.69 Å². The first-order valence-electron chi connectivity index (χ1n) is 7.79. The van der Waals surface area contributed by atoms with E-state index in [4.69, 9.17) is 0 Å². The summed E-state index contributed by atoms with van der Waals surface area (Å²) < 4.78 is 0. The summed E-state index contributed by atoms with van der Waals surface area (Å²) in [6, 6.07) is 10.3. The van der Waals surface area contributed by atoms with Crippen molar-refractivity contribution in [1.82, 2.24) is 5.32 Å². The van der Waals surface area contributed by atoms with E-state index in [0.717, 1.165) is 5.92 Å². The lowest BCUT2D eigenvalue weighted by Crippen LogP contribution is -2.41. The number of hydrogen-bond donors (Lipinski definition) is 1. The van der Waals surface area contributed by atoms with Crippen LogP contribution in [0.4, 0.5) is 5.69 Å². The molecule has 0 aromatic heterocycles. The first-order valence-corrected chi connectivity index (χ1v) is 7.79. The van der Waals surface area contributed by atoms with Gasteiger partial charge in [-0.1, -0.05) is 24.6 Å². The molecule has 19 heavy (non-hydrogen) atoms. The van der Waals surface area contributed by atoms with Crippen LogP contribution in [0.5, 0.6) is 0 Å². The molecule has 104 valence electrons. The van der Waals surface area contributed by atoms with Gasteiger partial charge in [-0.3, -0.25) is 0 Å². The number of para-hydroxylation sites is 1. The molecule has 2 aliphatic rings. The zero-order chi connectivity index (χ0) is 13.2. The van der Waals surface area contributed by atoms with E-state index in [1.807, 2.05) is 0 Å². The molecular formula is C17H26N2. The lowest BCUT2D eigenvalue weighted by molar-refractivity contribution is 0.307. The predicted molar refractivity (Wildman–Crippen MR) is 81.8 cm³/mol. The third-order valence-corrected chi connectivity index (χ3v) is 5.00. The van der Waals surface area contributed by atoms with E-state index in [1.54, 1.807) is 5.56 Å². The molecule has 0 bridgehead atoms. The van der Waals surface area contributed by atoms with E-state index in [-0.39, 0.29) is 0 Å². The van der Waals surface area contributed by atoms with Gasteiger partial charge in [0.2, 0.25) is 0 Å². The average Bonchev–Trinajstić information content (AvgIpc) is 2.71. The molecule has 0 amide bonds. The van der Waals surface area contributed by atoms with E-state index in [0.29, 0.717) is 12.1 Å². The monoisotopic (exact) mass is 258 g/mol. The first kappa shape index (κ1) is 13.0. The third-order valence-electron chi connectivity index (χ3n) is 5.00. The number of anilines is 1. The lowest BCUT2D eigenvalue weighted by atomic mass is 9.85. The van der Waals surface area contributed by atoms with Crippen molar-refractivity contribution in [2.45, 2.75) is 51.1 Å². The molecule has 1 aliphatic heterocycles. The summed E-state index contributed by atoms with van der Waals surface area (Å²) in [6.45, 7) is 3.57. The molecule has 2 unspecified atom stereocenters. The Kier molecular flexibility index (Phi) is 3.79. The van der Waals surface area contributed by atoms with Crippen LogP contribution in [-0.2, 0) is 6.42 Å². The Morgan fingerprint density at radius 2 is 2.11 bits per heavy atom. The summed E-state index contributed by atoms with van der Waals surface area (Å²) in [5, 5.41) is 3.39. The van der Waals surface area contributed by atoms with Crippen molar-refractivity contribution in [1.29, 1.82) is 0 Å². The first-order chi connectivity index (χ1) is 9.28. The maximum atomic E-state index is 3.39. The topological polar surface area (TPSA) is 15.3 Å². The second kappa shape index (κ2) is 5.54. The summed E-state index contributed by atoms with van der Waals surface area (Å²) in [5.41, 5.74) is 3.05.